The minimum absolute atomic E-state index is 0.284. The van der Waals surface area contributed by atoms with E-state index in [0.29, 0.717) is 35.1 Å². The predicted octanol–water partition coefficient (Wildman–Crippen LogP) is 2.35. The molecule has 0 unspecified atom stereocenters. The number of aliphatic hydroxyl groups excluding tert-OH is 2. The van der Waals surface area contributed by atoms with Crippen molar-refractivity contribution in [3.63, 3.8) is 0 Å². The first-order valence-electron chi connectivity index (χ1n) is 8.78. The second kappa shape index (κ2) is 6.88. The number of Topliss-reactive ketones (excluding diaryl/α,β-unsaturated/α-hetero) is 2. The SMILES string of the molecule is CC1=C(C#CC#CC2=C(C)C(=O)[C@@H](O)CC2(C)C)C(C)(C)C[C@H](O)C1=O. The van der Waals surface area contributed by atoms with Crippen molar-refractivity contribution < 1.29 is 19.8 Å². The van der Waals surface area contributed by atoms with Gasteiger partial charge in [0.15, 0.2) is 11.6 Å². The molecule has 0 saturated heterocycles. The van der Waals surface area contributed by atoms with Gasteiger partial charge in [0.25, 0.3) is 0 Å². The summed E-state index contributed by atoms with van der Waals surface area (Å²) in [5.41, 5.74) is 1.56. The van der Waals surface area contributed by atoms with Crippen LogP contribution in [0.5, 0.6) is 0 Å². The molecule has 0 heterocycles. The molecule has 138 valence electrons. The van der Waals surface area contributed by atoms with Crippen molar-refractivity contribution in [3.05, 3.63) is 22.3 Å². The Hall–Kier alpha value is -2.14. The van der Waals surface area contributed by atoms with E-state index in [1.165, 1.54) is 0 Å². The van der Waals surface area contributed by atoms with Crippen molar-refractivity contribution in [1.82, 2.24) is 0 Å². The van der Waals surface area contributed by atoms with Crippen LogP contribution in [0.2, 0.25) is 0 Å². The summed E-state index contributed by atoms with van der Waals surface area (Å²) in [6.45, 7) is 11.1. The number of carbonyl (C=O) groups excluding carboxylic acids is 2. The number of aliphatic hydroxyl groups is 2. The van der Waals surface area contributed by atoms with E-state index in [4.69, 9.17) is 0 Å². The van der Waals surface area contributed by atoms with Crippen LogP contribution >= 0.6 is 0 Å². The van der Waals surface area contributed by atoms with Crippen molar-refractivity contribution in [2.24, 2.45) is 10.8 Å². The topological polar surface area (TPSA) is 74.6 Å². The van der Waals surface area contributed by atoms with Gasteiger partial charge in [-0.1, -0.05) is 39.5 Å². The average Bonchev–Trinajstić information content (AvgIpc) is 2.51. The zero-order chi connectivity index (χ0) is 19.9. The Kier molecular flexibility index (Phi) is 5.34. The minimum atomic E-state index is -0.977. The highest BCUT2D eigenvalue weighted by Gasteiger charge is 2.38. The van der Waals surface area contributed by atoms with Crippen molar-refractivity contribution in [3.8, 4) is 23.7 Å². The molecule has 2 rings (SSSR count). The molecule has 2 atom stereocenters. The van der Waals surface area contributed by atoms with E-state index in [-0.39, 0.29) is 11.6 Å². The lowest BCUT2D eigenvalue weighted by molar-refractivity contribution is -0.126. The highest BCUT2D eigenvalue weighted by Crippen LogP contribution is 2.39. The van der Waals surface area contributed by atoms with Gasteiger partial charge in [-0.25, -0.2) is 0 Å². The standard InChI is InChI=1S/C22H26O4/c1-13-15(21(3,4)11-17(23)19(13)25)9-7-8-10-16-14(2)20(26)18(24)12-22(16,5)6/h17-18,23-24H,11-12H2,1-6H3/t17-,18-/m0/s1. The normalized spacial score (nSPS) is 27.5. The Labute approximate surface area is 155 Å². The van der Waals surface area contributed by atoms with Gasteiger partial charge in [-0.15, -0.1) is 0 Å². The Bertz CT molecular complexity index is 772. The van der Waals surface area contributed by atoms with Gasteiger partial charge >= 0.3 is 0 Å². The summed E-state index contributed by atoms with van der Waals surface area (Å²) in [6.07, 6.45) is -1.28. The Balaban J connectivity index is 2.40. The monoisotopic (exact) mass is 354 g/mol. The van der Waals surface area contributed by atoms with Crippen molar-refractivity contribution in [2.75, 3.05) is 0 Å². The lowest BCUT2D eigenvalue weighted by atomic mass is 9.71. The summed E-state index contributed by atoms with van der Waals surface area (Å²) >= 11 is 0. The van der Waals surface area contributed by atoms with E-state index in [2.05, 4.69) is 23.7 Å². The minimum Gasteiger partial charge on any atom is -0.385 e. The van der Waals surface area contributed by atoms with Crippen LogP contribution in [0, 0.1) is 34.5 Å². The zero-order valence-electron chi connectivity index (χ0n) is 16.3. The average molecular weight is 354 g/mol. The molecule has 0 amide bonds. The van der Waals surface area contributed by atoms with Crippen LogP contribution in [0.25, 0.3) is 0 Å². The van der Waals surface area contributed by atoms with Crippen molar-refractivity contribution in [1.29, 1.82) is 0 Å². The van der Waals surface area contributed by atoms with E-state index in [1.54, 1.807) is 13.8 Å². The number of carbonyl (C=O) groups is 2. The van der Waals surface area contributed by atoms with Crippen molar-refractivity contribution in [2.45, 2.75) is 66.6 Å². The first-order chi connectivity index (χ1) is 11.9. The van der Waals surface area contributed by atoms with Gasteiger partial charge < -0.3 is 10.2 Å². The van der Waals surface area contributed by atoms with E-state index < -0.39 is 23.0 Å². The number of hydrogen-bond donors (Lipinski definition) is 2. The molecule has 0 aromatic heterocycles. The third kappa shape index (κ3) is 3.68. The first kappa shape index (κ1) is 20.2. The molecule has 2 aliphatic carbocycles. The molecule has 0 aromatic rings. The fourth-order valence-corrected chi connectivity index (χ4v) is 3.83. The molecule has 26 heavy (non-hydrogen) atoms. The molecule has 2 N–H and O–H groups in total. The zero-order valence-corrected chi connectivity index (χ0v) is 16.3. The third-order valence-electron chi connectivity index (χ3n) is 5.29. The second-order valence-electron chi connectivity index (χ2n) is 8.44. The summed E-state index contributed by atoms with van der Waals surface area (Å²) in [5.74, 6) is 11.0. The number of hydrogen-bond acceptors (Lipinski definition) is 4. The number of ketones is 2. The van der Waals surface area contributed by atoms with Gasteiger partial charge in [-0.3, -0.25) is 9.59 Å². The highest BCUT2D eigenvalue weighted by atomic mass is 16.3. The largest absolute Gasteiger partial charge is 0.385 e. The van der Waals surface area contributed by atoms with Crippen molar-refractivity contribution >= 4 is 11.6 Å². The summed E-state index contributed by atoms with van der Waals surface area (Å²) in [5, 5.41) is 19.7. The smallest absolute Gasteiger partial charge is 0.187 e. The molecule has 4 heteroatoms. The van der Waals surface area contributed by atoms with Crippen LogP contribution in [0.4, 0.5) is 0 Å². The second-order valence-corrected chi connectivity index (χ2v) is 8.44. The van der Waals surface area contributed by atoms with Crippen LogP contribution in [0.1, 0.15) is 54.4 Å². The van der Waals surface area contributed by atoms with Gasteiger partial charge in [0.05, 0.1) is 0 Å². The first-order valence-corrected chi connectivity index (χ1v) is 8.78. The van der Waals surface area contributed by atoms with Gasteiger partial charge in [-0.2, -0.15) is 0 Å². The summed E-state index contributed by atoms with van der Waals surface area (Å²) < 4.78 is 0. The Morgan fingerprint density at radius 1 is 0.769 bits per heavy atom. The Morgan fingerprint density at radius 2 is 1.08 bits per heavy atom. The van der Waals surface area contributed by atoms with E-state index in [1.807, 2.05) is 27.7 Å². The number of allylic oxidation sites excluding steroid dienone is 2. The molecule has 0 radical (unpaired) electrons. The molecule has 0 spiro atoms. The number of rotatable bonds is 0. The molecule has 0 fully saturated rings. The molecular formula is C22H26O4. The maximum Gasteiger partial charge on any atom is 0.187 e. The van der Waals surface area contributed by atoms with Gasteiger partial charge in [0.1, 0.15) is 12.2 Å². The molecule has 0 saturated carbocycles. The van der Waals surface area contributed by atoms with E-state index in [9.17, 15) is 19.8 Å². The molecule has 0 aromatic carbocycles. The van der Waals surface area contributed by atoms with Crippen LogP contribution in [0.3, 0.4) is 0 Å². The molecule has 0 aliphatic heterocycles. The maximum absolute atomic E-state index is 12.0. The van der Waals surface area contributed by atoms with E-state index in [0.717, 1.165) is 0 Å². The van der Waals surface area contributed by atoms with Gasteiger partial charge in [-0.05, 0) is 38.5 Å². The lowest BCUT2D eigenvalue weighted by Gasteiger charge is -2.33. The van der Waals surface area contributed by atoms with Gasteiger partial charge in [0.2, 0.25) is 0 Å². The fraction of sp³-hybridized carbons (Fsp3) is 0.545. The molecular weight excluding hydrogens is 328 g/mol. The van der Waals surface area contributed by atoms with E-state index >= 15 is 0 Å². The maximum atomic E-state index is 12.0. The lowest BCUT2D eigenvalue weighted by Crippen LogP contribution is -2.36. The van der Waals surface area contributed by atoms with Gasteiger partial charge in [0, 0.05) is 33.1 Å². The van der Waals surface area contributed by atoms with Crippen LogP contribution in [0.15, 0.2) is 22.3 Å². The fourth-order valence-electron chi connectivity index (χ4n) is 3.83. The molecule has 2 aliphatic rings. The summed E-state index contributed by atoms with van der Waals surface area (Å²) in [7, 11) is 0. The van der Waals surface area contributed by atoms with Crippen LogP contribution < -0.4 is 0 Å². The third-order valence-corrected chi connectivity index (χ3v) is 5.29. The summed E-state index contributed by atoms with van der Waals surface area (Å²) in [4.78, 5) is 24.0. The quantitative estimate of drug-likeness (QED) is 0.655. The summed E-state index contributed by atoms with van der Waals surface area (Å²) in [6, 6.07) is 0. The molecule has 4 nitrogen and oxygen atoms in total. The molecule has 0 bridgehead atoms. The van der Waals surface area contributed by atoms with Crippen LogP contribution in [-0.4, -0.2) is 34.0 Å². The Morgan fingerprint density at radius 3 is 1.38 bits per heavy atom. The predicted molar refractivity (Wildman–Crippen MR) is 99.8 cm³/mol. The van der Waals surface area contributed by atoms with Crippen LogP contribution in [-0.2, 0) is 9.59 Å². The highest BCUT2D eigenvalue weighted by molar-refractivity contribution is 6.01.